The summed E-state index contributed by atoms with van der Waals surface area (Å²) in [7, 11) is -1.74. The number of aryl methyl sites for hydroxylation is 1. The number of hydrogen-bond acceptors (Lipinski definition) is 6. The standard InChI is InChI=1S/C11H20N4O4S/c1-8-11(10(7-16)14-13-8)20(17,18)12-5-9-6-15(2)3-4-19-9/h9,12,16H,3-7H2,1-2H3,(H,13,14). The van der Waals surface area contributed by atoms with E-state index in [1.807, 2.05) is 7.05 Å². The number of ether oxygens (including phenoxy) is 1. The number of nitrogens with zero attached hydrogens (tertiary/aromatic N) is 2. The van der Waals surface area contributed by atoms with Crippen LogP contribution in [0.2, 0.25) is 0 Å². The number of H-pyrrole nitrogens is 1. The molecule has 1 aliphatic rings. The van der Waals surface area contributed by atoms with Gasteiger partial charge in [0, 0.05) is 19.6 Å². The number of aromatic amines is 1. The highest BCUT2D eigenvalue weighted by molar-refractivity contribution is 7.89. The third kappa shape index (κ3) is 3.36. The monoisotopic (exact) mass is 304 g/mol. The molecule has 0 amide bonds. The van der Waals surface area contributed by atoms with Crippen LogP contribution in [0.5, 0.6) is 0 Å². The molecular weight excluding hydrogens is 284 g/mol. The van der Waals surface area contributed by atoms with Crippen molar-refractivity contribution in [2.45, 2.75) is 24.5 Å². The maximum Gasteiger partial charge on any atom is 0.244 e. The zero-order valence-electron chi connectivity index (χ0n) is 11.6. The molecule has 3 N–H and O–H groups in total. The van der Waals surface area contributed by atoms with Gasteiger partial charge in [-0.05, 0) is 14.0 Å². The van der Waals surface area contributed by atoms with Crippen LogP contribution in [-0.2, 0) is 21.4 Å². The Labute approximate surface area is 118 Å². The van der Waals surface area contributed by atoms with Crippen LogP contribution in [0.4, 0.5) is 0 Å². The molecule has 1 unspecified atom stereocenters. The summed E-state index contributed by atoms with van der Waals surface area (Å²) in [6.45, 7) is 3.49. The van der Waals surface area contributed by atoms with Gasteiger partial charge in [-0.3, -0.25) is 5.10 Å². The van der Waals surface area contributed by atoms with Crippen molar-refractivity contribution in [2.75, 3.05) is 33.3 Å². The molecule has 1 atom stereocenters. The van der Waals surface area contributed by atoms with Crippen molar-refractivity contribution in [2.24, 2.45) is 0 Å². The predicted molar refractivity (Wildman–Crippen MR) is 71.7 cm³/mol. The van der Waals surface area contributed by atoms with Gasteiger partial charge < -0.3 is 14.7 Å². The minimum Gasteiger partial charge on any atom is -0.390 e. The average molecular weight is 304 g/mol. The van der Waals surface area contributed by atoms with Crippen LogP contribution in [0.25, 0.3) is 0 Å². The second-order valence-electron chi connectivity index (χ2n) is 4.89. The fourth-order valence-corrected chi connectivity index (χ4v) is 3.62. The normalized spacial score (nSPS) is 21.2. The highest BCUT2D eigenvalue weighted by atomic mass is 32.2. The Hall–Kier alpha value is -1.00. The van der Waals surface area contributed by atoms with E-state index in [4.69, 9.17) is 9.84 Å². The molecule has 0 aliphatic carbocycles. The number of hydrogen-bond donors (Lipinski definition) is 3. The third-order valence-electron chi connectivity index (χ3n) is 3.22. The van der Waals surface area contributed by atoms with Crippen LogP contribution in [-0.4, -0.2) is 68.0 Å². The SMILES string of the molecule is Cc1[nH]nc(CO)c1S(=O)(=O)NCC1CN(C)CCO1. The lowest BCUT2D eigenvalue weighted by Gasteiger charge is -2.30. The molecule has 9 heteroatoms. The Balaban J connectivity index is 2.05. The second kappa shape index (κ2) is 6.19. The van der Waals surface area contributed by atoms with E-state index < -0.39 is 16.6 Å². The topological polar surface area (TPSA) is 108 Å². The smallest absolute Gasteiger partial charge is 0.244 e. The van der Waals surface area contributed by atoms with Crippen molar-refractivity contribution in [1.82, 2.24) is 19.8 Å². The van der Waals surface area contributed by atoms with Crippen LogP contribution in [0.1, 0.15) is 11.4 Å². The molecule has 0 radical (unpaired) electrons. The van der Waals surface area contributed by atoms with Crippen LogP contribution in [0, 0.1) is 6.92 Å². The maximum absolute atomic E-state index is 12.3. The Morgan fingerprint density at radius 2 is 2.35 bits per heavy atom. The van der Waals surface area contributed by atoms with Crippen LogP contribution in [0.3, 0.4) is 0 Å². The summed E-state index contributed by atoms with van der Waals surface area (Å²) in [4.78, 5) is 2.11. The molecule has 0 aromatic carbocycles. The minimum absolute atomic E-state index is 0.0177. The number of nitrogens with one attached hydrogen (secondary N) is 2. The van der Waals surface area contributed by atoms with Crippen molar-refractivity contribution in [1.29, 1.82) is 0 Å². The number of likely N-dealkylation sites (N-methyl/N-ethyl adjacent to an activating group) is 1. The molecular formula is C11H20N4O4S. The lowest BCUT2D eigenvalue weighted by molar-refractivity contribution is -0.0156. The lowest BCUT2D eigenvalue weighted by atomic mass is 10.3. The largest absolute Gasteiger partial charge is 0.390 e. The molecule has 0 bridgehead atoms. The summed E-state index contributed by atoms with van der Waals surface area (Å²) in [5, 5.41) is 15.5. The van der Waals surface area contributed by atoms with Gasteiger partial charge >= 0.3 is 0 Å². The van der Waals surface area contributed by atoms with E-state index in [0.29, 0.717) is 18.8 Å². The van der Waals surface area contributed by atoms with Crippen LogP contribution >= 0.6 is 0 Å². The summed E-state index contributed by atoms with van der Waals surface area (Å²) < 4.78 is 32.6. The van der Waals surface area contributed by atoms with E-state index in [0.717, 1.165) is 6.54 Å². The molecule has 1 aromatic heterocycles. The van der Waals surface area contributed by atoms with E-state index in [1.54, 1.807) is 6.92 Å². The van der Waals surface area contributed by atoms with Gasteiger partial charge in [0.25, 0.3) is 0 Å². The third-order valence-corrected chi connectivity index (χ3v) is 4.85. The first-order valence-corrected chi connectivity index (χ1v) is 7.87. The summed E-state index contributed by atoms with van der Waals surface area (Å²) in [5.41, 5.74) is 0.528. The highest BCUT2D eigenvalue weighted by Crippen LogP contribution is 2.17. The number of aliphatic hydroxyl groups is 1. The van der Waals surface area contributed by atoms with Gasteiger partial charge in [-0.2, -0.15) is 5.10 Å². The van der Waals surface area contributed by atoms with E-state index in [2.05, 4.69) is 19.8 Å². The Kier molecular flexibility index (Phi) is 4.76. The Bertz CT molecular complexity index is 557. The zero-order valence-corrected chi connectivity index (χ0v) is 12.4. The first kappa shape index (κ1) is 15.4. The molecule has 8 nitrogen and oxygen atoms in total. The zero-order chi connectivity index (χ0) is 14.8. The van der Waals surface area contributed by atoms with Crippen molar-refractivity contribution in [3.63, 3.8) is 0 Å². The molecule has 1 fully saturated rings. The lowest BCUT2D eigenvalue weighted by Crippen LogP contribution is -2.46. The summed E-state index contributed by atoms with van der Waals surface area (Å²) >= 11 is 0. The number of aromatic nitrogens is 2. The maximum atomic E-state index is 12.3. The van der Waals surface area contributed by atoms with Gasteiger partial charge in [0.1, 0.15) is 10.6 Å². The molecule has 0 spiro atoms. The van der Waals surface area contributed by atoms with Gasteiger partial charge in [0.2, 0.25) is 10.0 Å². The van der Waals surface area contributed by atoms with Gasteiger partial charge in [-0.1, -0.05) is 0 Å². The van der Waals surface area contributed by atoms with Crippen molar-refractivity contribution in [3.8, 4) is 0 Å². The first-order chi connectivity index (χ1) is 9.44. The van der Waals surface area contributed by atoms with Gasteiger partial charge in [0.15, 0.2) is 0 Å². The fourth-order valence-electron chi connectivity index (χ4n) is 2.20. The van der Waals surface area contributed by atoms with E-state index in [9.17, 15) is 8.42 Å². The van der Waals surface area contributed by atoms with Crippen molar-refractivity contribution < 1.29 is 18.3 Å². The fraction of sp³-hybridized carbons (Fsp3) is 0.727. The highest BCUT2D eigenvalue weighted by Gasteiger charge is 2.26. The molecule has 2 rings (SSSR count). The van der Waals surface area contributed by atoms with E-state index in [-0.39, 0.29) is 23.2 Å². The average Bonchev–Trinajstić information content (AvgIpc) is 2.78. The van der Waals surface area contributed by atoms with Crippen LogP contribution in [0.15, 0.2) is 4.90 Å². The molecule has 1 aromatic rings. The second-order valence-corrected chi connectivity index (χ2v) is 6.59. The quantitative estimate of drug-likeness (QED) is 0.632. The molecule has 1 saturated heterocycles. The number of aliphatic hydroxyl groups excluding tert-OH is 1. The summed E-state index contributed by atoms with van der Waals surface area (Å²) in [6, 6.07) is 0. The summed E-state index contributed by atoms with van der Waals surface area (Å²) in [5.74, 6) is 0. The van der Waals surface area contributed by atoms with Crippen molar-refractivity contribution >= 4 is 10.0 Å². The molecule has 114 valence electrons. The summed E-state index contributed by atoms with van der Waals surface area (Å²) in [6.07, 6.45) is -0.173. The Morgan fingerprint density at radius 3 is 3.00 bits per heavy atom. The Morgan fingerprint density at radius 1 is 1.60 bits per heavy atom. The van der Waals surface area contributed by atoms with Gasteiger partial charge in [0.05, 0.1) is 25.0 Å². The molecule has 20 heavy (non-hydrogen) atoms. The minimum atomic E-state index is -3.71. The predicted octanol–water partition coefficient (Wildman–Crippen LogP) is -1.18. The number of rotatable bonds is 5. The van der Waals surface area contributed by atoms with E-state index in [1.165, 1.54) is 0 Å². The van der Waals surface area contributed by atoms with Crippen LogP contribution < -0.4 is 4.72 Å². The number of sulfonamides is 1. The van der Waals surface area contributed by atoms with Gasteiger partial charge in [-0.25, -0.2) is 13.1 Å². The molecule has 2 heterocycles. The number of morpholine rings is 1. The van der Waals surface area contributed by atoms with E-state index >= 15 is 0 Å². The molecule has 0 saturated carbocycles. The first-order valence-electron chi connectivity index (χ1n) is 6.38. The molecule has 1 aliphatic heterocycles. The van der Waals surface area contributed by atoms with Crippen molar-refractivity contribution in [3.05, 3.63) is 11.4 Å². The van der Waals surface area contributed by atoms with Gasteiger partial charge in [-0.15, -0.1) is 0 Å².